The van der Waals surface area contributed by atoms with Gasteiger partial charge in [0.25, 0.3) is 11.6 Å². The number of benzene rings is 2. The summed E-state index contributed by atoms with van der Waals surface area (Å²) in [5.41, 5.74) is 5.82. The molecule has 0 aromatic heterocycles. The van der Waals surface area contributed by atoms with Crippen LogP contribution in [0.3, 0.4) is 0 Å². The number of aryl methyl sites for hydroxylation is 1. The van der Waals surface area contributed by atoms with Crippen molar-refractivity contribution in [1.82, 2.24) is 5.43 Å². The molecule has 0 atom stereocenters. The fourth-order valence-corrected chi connectivity index (χ4v) is 3.99. The first-order valence-corrected chi connectivity index (χ1v) is 11.7. The molecular formula is C24H32BrN5O3. The first-order chi connectivity index (χ1) is 15.6. The number of anilines is 2. The van der Waals surface area contributed by atoms with Crippen LogP contribution in [0.4, 0.5) is 17.1 Å². The van der Waals surface area contributed by atoms with Gasteiger partial charge in [0.1, 0.15) is 0 Å². The van der Waals surface area contributed by atoms with Gasteiger partial charge in [-0.25, -0.2) is 5.43 Å². The largest absolute Gasteiger partial charge is 0.375 e. The molecule has 2 aromatic rings. The Kier molecular flexibility index (Phi) is 9.84. The standard InChI is InChI=1S/C24H32BrN5O3/c1-16(2)14-29(15-17(3)4)23-9-7-20(30(32)33)11-19(23)12-27-28-24(31)13-26-22-8-6-18(5)10-21(22)25/h6-12,16-17,26H,13-15H2,1-5H3,(H,28,31)/b27-12-. The molecule has 0 saturated heterocycles. The highest BCUT2D eigenvalue weighted by Crippen LogP contribution is 2.26. The van der Waals surface area contributed by atoms with Crippen LogP contribution in [-0.2, 0) is 4.79 Å². The van der Waals surface area contributed by atoms with Crippen LogP contribution in [0, 0.1) is 28.9 Å². The lowest BCUT2D eigenvalue weighted by molar-refractivity contribution is -0.384. The normalized spacial score (nSPS) is 11.3. The molecule has 0 heterocycles. The second-order valence-electron chi connectivity index (χ2n) is 8.82. The number of nitro benzene ring substituents is 1. The molecule has 1 amide bonds. The Balaban J connectivity index is 2.16. The van der Waals surface area contributed by atoms with E-state index in [1.54, 1.807) is 6.07 Å². The molecule has 0 spiro atoms. The van der Waals surface area contributed by atoms with E-state index in [-0.39, 0.29) is 18.1 Å². The molecule has 178 valence electrons. The van der Waals surface area contributed by atoms with E-state index < -0.39 is 4.92 Å². The average molecular weight is 518 g/mol. The molecule has 0 saturated carbocycles. The summed E-state index contributed by atoms with van der Waals surface area (Å²) in [5, 5.41) is 18.4. The number of carbonyl (C=O) groups excluding carboxylic acids is 1. The van der Waals surface area contributed by atoms with Gasteiger partial charge in [0.05, 0.1) is 17.7 Å². The Hall–Kier alpha value is -2.94. The van der Waals surface area contributed by atoms with Crippen LogP contribution in [0.2, 0.25) is 0 Å². The number of halogens is 1. The maximum Gasteiger partial charge on any atom is 0.270 e. The van der Waals surface area contributed by atoms with Gasteiger partial charge in [-0.3, -0.25) is 14.9 Å². The highest BCUT2D eigenvalue weighted by Gasteiger charge is 2.17. The lowest BCUT2D eigenvalue weighted by Crippen LogP contribution is -2.32. The Morgan fingerprint density at radius 1 is 1.15 bits per heavy atom. The molecular weight excluding hydrogens is 486 g/mol. The zero-order valence-corrected chi connectivity index (χ0v) is 21.3. The summed E-state index contributed by atoms with van der Waals surface area (Å²) >= 11 is 3.47. The molecule has 0 radical (unpaired) electrons. The van der Waals surface area contributed by atoms with Crippen molar-refractivity contribution < 1.29 is 9.72 Å². The van der Waals surface area contributed by atoms with Crippen molar-refractivity contribution in [3.63, 3.8) is 0 Å². The summed E-state index contributed by atoms with van der Waals surface area (Å²) in [7, 11) is 0. The maximum atomic E-state index is 12.2. The Bertz CT molecular complexity index is 998. The van der Waals surface area contributed by atoms with Crippen LogP contribution in [0.15, 0.2) is 46.0 Å². The first kappa shape index (κ1) is 26.3. The van der Waals surface area contributed by atoms with Crippen LogP contribution >= 0.6 is 15.9 Å². The number of nitrogens with zero attached hydrogens (tertiary/aromatic N) is 3. The van der Waals surface area contributed by atoms with E-state index in [0.717, 1.165) is 34.5 Å². The van der Waals surface area contributed by atoms with Crippen molar-refractivity contribution in [2.24, 2.45) is 16.9 Å². The molecule has 0 fully saturated rings. The van der Waals surface area contributed by atoms with Crippen LogP contribution in [0.25, 0.3) is 0 Å². The van der Waals surface area contributed by atoms with Crippen molar-refractivity contribution in [3.05, 3.63) is 62.1 Å². The molecule has 0 bridgehead atoms. The number of hydrogen-bond acceptors (Lipinski definition) is 6. The Labute approximate surface area is 203 Å². The summed E-state index contributed by atoms with van der Waals surface area (Å²) in [4.78, 5) is 25.3. The highest BCUT2D eigenvalue weighted by molar-refractivity contribution is 9.10. The number of nitro groups is 1. The number of hydrogen-bond donors (Lipinski definition) is 2. The first-order valence-electron chi connectivity index (χ1n) is 10.9. The highest BCUT2D eigenvalue weighted by atomic mass is 79.9. The van der Waals surface area contributed by atoms with Gasteiger partial charge in [-0.05, 0) is 58.5 Å². The molecule has 2 rings (SSSR count). The van der Waals surface area contributed by atoms with Crippen molar-refractivity contribution in [1.29, 1.82) is 0 Å². The zero-order chi connectivity index (χ0) is 24.5. The molecule has 0 aliphatic carbocycles. The number of amides is 1. The van der Waals surface area contributed by atoms with E-state index in [1.165, 1.54) is 18.3 Å². The third-order valence-corrected chi connectivity index (χ3v) is 5.35. The minimum atomic E-state index is -0.432. The zero-order valence-electron chi connectivity index (χ0n) is 19.8. The topological polar surface area (TPSA) is 99.9 Å². The van der Waals surface area contributed by atoms with Crippen LogP contribution in [0.1, 0.15) is 38.8 Å². The smallest absolute Gasteiger partial charge is 0.270 e. The van der Waals surface area contributed by atoms with Crippen molar-refractivity contribution in [2.45, 2.75) is 34.6 Å². The lowest BCUT2D eigenvalue weighted by atomic mass is 10.1. The molecule has 9 heteroatoms. The minimum Gasteiger partial charge on any atom is -0.375 e. The molecule has 8 nitrogen and oxygen atoms in total. The van der Waals surface area contributed by atoms with Gasteiger partial charge in [-0.15, -0.1) is 0 Å². The van der Waals surface area contributed by atoms with E-state index in [2.05, 4.69) is 64.4 Å². The fourth-order valence-electron chi connectivity index (χ4n) is 3.35. The van der Waals surface area contributed by atoms with Gasteiger partial charge in [0.2, 0.25) is 0 Å². The summed E-state index contributed by atoms with van der Waals surface area (Å²) in [5.74, 6) is 0.498. The average Bonchev–Trinajstić information content (AvgIpc) is 2.72. The van der Waals surface area contributed by atoms with Gasteiger partial charge < -0.3 is 10.2 Å². The summed E-state index contributed by atoms with van der Waals surface area (Å²) in [6.45, 7) is 12.2. The second kappa shape index (κ2) is 12.3. The molecule has 33 heavy (non-hydrogen) atoms. The lowest BCUT2D eigenvalue weighted by Gasteiger charge is -2.29. The van der Waals surface area contributed by atoms with Crippen molar-refractivity contribution >= 4 is 45.1 Å². The molecule has 0 unspecified atom stereocenters. The van der Waals surface area contributed by atoms with Gasteiger partial charge in [0.15, 0.2) is 0 Å². The number of nitrogens with one attached hydrogen (secondary N) is 2. The van der Waals surface area contributed by atoms with Crippen LogP contribution < -0.4 is 15.6 Å². The number of non-ortho nitro benzene ring substituents is 1. The maximum absolute atomic E-state index is 12.2. The van der Waals surface area contributed by atoms with Gasteiger partial charge in [0, 0.05) is 46.6 Å². The Morgan fingerprint density at radius 3 is 2.39 bits per heavy atom. The van der Waals surface area contributed by atoms with Gasteiger partial charge >= 0.3 is 0 Å². The molecule has 2 aromatic carbocycles. The SMILES string of the molecule is Cc1ccc(NCC(=O)N/N=C\c2cc([N+](=O)[O-])ccc2N(CC(C)C)CC(C)C)c(Br)c1. The number of carbonyl (C=O) groups is 1. The molecule has 0 aliphatic rings. The van der Waals surface area contributed by atoms with E-state index in [9.17, 15) is 14.9 Å². The van der Waals surface area contributed by atoms with Crippen LogP contribution in [0.5, 0.6) is 0 Å². The monoisotopic (exact) mass is 517 g/mol. The number of rotatable bonds is 11. The van der Waals surface area contributed by atoms with Gasteiger partial charge in [-0.1, -0.05) is 33.8 Å². The third kappa shape index (κ3) is 8.49. The van der Waals surface area contributed by atoms with E-state index in [0.29, 0.717) is 17.4 Å². The summed E-state index contributed by atoms with van der Waals surface area (Å²) in [6, 6.07) is 10.5. The minimum absolute atomic E-state index is 0.0218. The van der Waals surface area contributed by atoms with Crippen molar-refractivity contribution in [3.8, 4) is 0 Å². The quantitative estimate of drug-likeness (QED) is 0.238. The predicted octanol–water partition coefficient (Wildman–Crippen LogP) is 5.35. The summed E-state index contributed by atoms with van der Waals surface area (Å²) in [6.07, 6.45) is 1.47. The Morgan fingerprint density at radius 2 is 1.82 bits per heavy atom. The molecule has 2 N–H and O–H groups in total. The predicted molar refractivity (Wildman–Crippen MR) is 138 cm³/mol. The molecule has 0 aliphatic heterocycles. The van der Waals surface area contributed by atoms with Crippen LogP contribution in [-0.4, -0.2) is 36.7 Å². The fraction of sp³-hybridized carbons (Fsp3) is 0.417. The van der Waals surface area contributed by atoms with Crippen molar-refractivity contribution in [2.75, 3.05) is 29.9 Å². The number of hydrazone groups is 1. The summed E-state index contributed by atoms with van der Waals surface area (Å²) < 4.78 is 0.871. The second-order valence-corrected chi connectivity index (χ2v) is 9.68. The van der Waals surface area contributed by atoms with E-state index in [4.69, 9.17) is 0 Å². The third-order valence-electron chi connectivity index (χ3n) is 4.69. The van der Waals surface area contributed by atoms with E-state index >= 15 is 0 Å². The van der Waals surface area contributed by atoms with E-state index in [1.807, 2.05) is 25.1 Å². The van der Waals surface area contributed by atoms with Gasteiger partial charge in [-0.2, -0.15) is 5.10 Å².